The normalized spacial score (nSPS) is 16.4. The fourth-order valence-corrected chi connectivity index (χ4v) is 2.14. The molecule has 1 aliphatic carbocycles. The SMILES string of the molecule is CCC(NC(=S)NC1CC1)c1ccc(C)cc1. The van der Waals surface area contributed by atoms with Crippen LogP contribution >= 0.6 is 12.2 Å². The predicted octanol–water partition coefficient (Wildman–Crippen LogP) is 3.07. The lowest BCUT2D eigenvalue weighted by atomic mass is 10.0. The van der Waals surface area contributed by atoms with Crippen LogP contribution < -0.4 is 10.6 Å². The van der Waals surface area contributed by atoms with E-state index < -0.39 is 0 Å². The Labute approximate surface area is 109 Å². The lowest BCUT2D eigenvalue weighted by molar-refractivity contribution is 0.615. The zero-order valence-corrected chi connectivity index (χ0v) is 11.3. The molecule has 1 unspecified atom stereocenters. The molecule has 0 saturated heterocycles. The Morgan fingerprint density at radius 1 is 1.35 bits per heavy atom. The molecule has 0 aliphatic heterocycles. The average Bonchev–Trinajstić information content (AvgIpc) is 3.11. The molecule has 0 radical (unpaired) electrons. The van der Waals surface area contributed by atoms with Crippen LogP contribution in [-0.2, 0) is 0 Å². The summed E-state index contributed by atoms with van der Waals surface area (Å²) >= 11 is 5.32. The van der Waals surface area contributed by atoms with Crippen LogP contribution in [0.25, 0.3) is 0 Å². The summed E-state index contributed by atoms with van der Waals surface area (Å²) in [7, 11) is 0. The lowest BCUT2D eigenvalue weighted by Crippen LogP contribution is -2.38. The number of aryl methyl sites for hydroxylation is 1. The summed E-state index contributed by atoms with van der Waals surface area (Å²) in [5, 5.41) is 7.51. The van der Waals surface area contributed by atoms with Gasteiger partial charge >= 0.3 is 0 Å². The summed E-state index contributed by atoms with van der Waals surface area (Å²) in [6, 6.07) is 9.58. The Bertz CT molecular complexity index is 382. The Hall–Kier alpha value is -1.09. The van der Waals surface area contributed by atoms with Crippen molar-refractivity contribution in [3.63, 3.8) is 0 Å². The third kappa shape index (κ3) is 3.70. The molecule has 2 N–H and O–H groups in total. The minimum Gasteiger partial charge on any atom is -0.360 e. The van der Waals surface area contributed by atoms with Crippen LogP contribution in [-0.4, -0.2) is 11.2 Å². The van der Waals surface area contributed by atoms with E-state index in [-0.39, 0.29) is 0 Å². The molecule has 92 valence electrons. The molecular weight excluding hydrogens is 228 g/mol. The van der Waals surface area contributed by atoms with Crippen molar-refractivity contribution in [2.75, 3.05) is 0 Å². The van der Waals surface area contributed by atoms with Crippen molar-refractivity contribution in [3.8, 4) is 0 Å². The number of hydrogen-bond donors (Lipinski definition) is 2. The van der Waals surface area contributed by atoms with E-state index in [2.05, 4.69) is 48.7 Å². The van der Waals surface area contributed by atoms with E-state index in [1.165, 1.54) is 24.0 Å². The Balaban J connectivity index is 1.94. The molecule has 2 rings (SSSR count). The van der Waals surface area contributed by atoms with Gasteiger partial charge in [-0.05, 0) is 44.0 Å². The van der Waals surface area contributed by atoms with Crippen molar-refractivity contribution in [2.24, 2.45) is 0 Å². The van der Waals surface area contributed by atoms with Gasteiger partial charge in [0.05, 0.1) is 6.04 Å². The first kappa shape index (κ1) is 12.4. The second kappa shape index (κ2) is 5.50. The largest absolute Gasteiger partial charge is 0.360 e. The molecular formula is C14H20N2S. The Kier molecular flexibility index (Phi) is 4.00. The van der Waals surface area contributed by atoms with E-state index in [1.807, 2.05) is 0 Å². The van der Waals surface area contributed by atoms with Crippen LogP contribution in [0.1, 0.15) is 43.4 Å². The fraction of sp³-hybridized carbons (Fsp3) is 0.500. The quantitative estimate of drug-likeness (QED) is 0.801. The number of hydrogen-bond acceptors (Lipinski definition) is 1. The van der Waals surface area contributed by atoms with Gasteiger partial charge in [0.2, 0.25) is 0 Å². The van der Waals surface area contributed by atoms with Gasteiger partial charge in [-0.2, -0.15) is 0 Å². The molecule has 1 aromatic rings. The second-order valence-electron chi connectivity index (χ2n) is 4.76. The van der Waals surface area contributed by atoms with Crippen molar-refractivity contribution in [1.29, 1.82) is 0 Å². The van der Waals surface area contributed by atoms with Gasteiger partial charge < -0.3 is 10.6 Å². The van der Waals surface area contributed by atoms with Crippen molar-refractivity contribution >= 4 is 17.3 Å². The molecule has 1 atom stereocenters. The first-order chi connectivity index (χ1) is 8.19. The molecule has 1 aromatic carbocycles. The molecule has 2 nitrogen and oxygen atoms in total. The van der Waals surface area contributed by atoms with Gasteiger partial charge in [-0.25, -0.2) is 0 Å². The smallest absolute Gasteiger partial charge is 0.166 e. The summed E-state index contributed by atoms with van der Waals surface area (Å²) in [6.45, 7) is 4.29. The molecule has 0 amide bonds. The van der Waals surface area contributed by atoms with Crippen LogP contribution in [0.2, 0.25) is 0 Å². The third-order valence-electron chi connectivity index (χ3n) is 3.11. The number of rotatable bonds is 4. The summed E-state index contributed by atoms with van der Waals surface area (Å²) in [6.07, 6.45) is 3.54. The van der Waals surface area contributed by atoms with E-state index >= 15 is 0 Å². The maximum atomic E-state index is 5.32. The molecule has 0 heterocycles. The molecule has 17 heavy (non-hydrogen) atoms. The monoisotopic (exact) mass is 248 g/mol. The van der Waals surface area contributed by atoms with E-state index in [0.29, 0.717) is 12.1 Å². The molecule has 0 spiro atoms. The van der Waals surface area contributed by atoms with Gasteiger partial charge in [-0.15, -0.1) is 0 Å². The van der Waals surface area contributed by atoms with Gasteiger partial charge in [-0.1, -0.05) is 36.8 Å². The second-order valence-corrected chi connectivity index (χ2v) is 5.17. The minimum atomic E-state index is 0.314. The van der Waals surface area contributed by atoms with E-state index in [1.54, 1.807) is 0 Å². The fourth-order valence-electron chi connectivity index (χ4n) is 1.83. The average molecular weight is 248 g/mol. The molecule has 1 saturated carbocycles. The number of thiocarbonyl (C=S) groups is 1. The van der Waals surface area contributed by atoms with E-state index in [4.69, 9.17) is 12.2 Å². The topological polar surface area (TPSA) is 24.1 Å². The molecule has 1 aliphatic rings. The zero-order valence-electron chi connectivity index (χ0n) is 10.5. The maximum absolute atomic E-state index is 5.32. The highest BCUT2D eigenvalue weighted by molar-refractivity contribution is 7.80. The summed E-state index contributed by atoms with van der Waals surface area (Å²) < 4.78 is 0. The summed E-state index contributed by atoms with van der Waals surface area (Å²) in [5.41, 5.74) is 2.60. The van der Waals surface area contributed by atoms with E-state index in [0.717, 1.165) is 11.5 Å². The van der Waals surface area contributed by atoms with Crippen LogP contribution in [0.4, 0.5) is 0 Å². The summed E-state index contributed by atoms with van der Waals surface area (Å²) in [4.78, 5) is 0. The first-order valence-electron chi connectivity index (χ1n) is 6.32. The van der Waals surface area contributed by atoms with Gasteiger partial charge in [-0.3, -0.25) is 0 Å². The standard InChI is InChI=1S/C14H20N2S/c1-3-13(11-6-4-10(2)5-7-11)16-14(17)15-12-8-9-12/h4-7,12-13H,3,8-9H2,1-2H3,(H2,15,16,17). The van der Waals surface area contributed by atoms with Crippen molar-refractivity contribution in [2.45, 2.75) is 45.2 Å². The highest BCUT2D eigenvalue weighted by atomic mass is 32.1. The van der Waals surface area contributed by atoms with Crippen LogP contribution in [0, 0.1) is 6.92 Å². The Morgan fingerprint density at radius 3 is 2.53 bits per heavy atom. The Morgan fingerprint density at radius 2 is 2.00 bits per heavy atom. The molecule has 0 bridgehead atoms. The molecule has 1 fully saturated rings. The first-order valence-corrected chi connectivity index (χ1v) is 6.73. The van der Waals surface area contributed by atoms with Gasteiger partial charge in [0.1, 0.15) is 0 Å². The summed E-state index contributed by atoms with van der Waals surface area (Å²) in [5.74, 6) is 0. The number of benzene rings is 1. The van der Waals surface area contributed by atoms with Gasteiger partial charge in [0.25, 0.3) is 0 Å². The van der Waals surface area contributed by atoms with Crippen LogP contribution in [0.3, 0.4) is 0 Å². The van der Waals surface area contributed by atoms with Gasteiger partial charge in [0.15, 0.2) is 5.11 Å². The predicted molar refractivity (Wildman–Crippen MR) is 76.1 cm³/mol. The van der Waals surface area contributed by atoms with Crippen LogP contribution in [0.15, 0.2) is 24.3 Å². The van der Waals surface area contributed by atoms with Crippen molar-refractivity contribution in [3.05, 3.63) is 35.4 Å². The minimum absolute atomic E-state index is 0.314. The maximum Gasteiger partial charge on any atom is 0.166 e. The number of nitrogens with one attached hydrogen (secondary N) is 2. The third-order valence-corrected chi connectivity index (χ3v) is 3.34. The zero-order chi connectivity index (χ0) is 12.3. The van der Waals surface area contributed by atoms with Crippen molar-refractivity contribution in [1.82, 2.24) is 10.6 Å². The highest BCUT2D eigenvalue weighted by Crippen LogP contribution is 2.20. The van der Waals surface area contributed by atoms with Gasteiger partial charge in [0, 0.05) is 6.04 Å². The molecule has 3 heteroatoms. The highest BCUT2D eigenvalue weighted by Gasteiger charge is 2.22. The van der Waals surface area contributed by atoms with Crippen LogP contribution in [0.5, 0.6) is 0 Å². The molecule has 0 aromatic heterocycles. The van der Waals surface area contributed by atoms with Crippen molar-refractivity contribution < 1.29 is 0 Å². The van der Waals surface area contributed by atoms with E-state index in [9.17, 15) is 0 Å². The lowest BCUT2D eigenvalue weighted by Gasteiger charge is -2.20.